The van der Waals surface area contributed by atoms with Crippen LogP contribution in [-0.2, 0) is 6.54 Å². The molecule has 2 nitrogen and oxygen atoms in total. The van der Waals surface area contributed by atoms with Crippen molar-refractivity contribution in [2.75, 3.05) is 0 Å². The van der Waals surface area contributed by atoms with Crippen molar-refractivity contribution in [3.8, 4) is 0 Å². The van der Waals surface area contributed by atoms with Gasteiger partial charge < -0.3 is 10.3 Å². The molecule has 17 heavy (non-hydrogen) atoms. The van der Waals surface area contributed by atoms with Gasteiger partial charge in [0.2, 0.25) is 0 Å². The van der Waals surface area contributed by atoms with Crippen LogP contribution in [0.2, 0.25) is 0 Å². The SMILES string of the molecule is CCCC(N)c1ccn(CCCC(F)(F)F)c1. The molecule has 0 amide bonds. The Morgan fingerprint density at radius 2 is 2.12 bits per heavy atom. The number of nitrogens with two attached hydrogens (primary N) is 1. The number of hydrogen-bond acceptors (Lipinski definition) is 1. The summed E-state index contributed by atoms with van der Waals surface area (Å²) in [6.07, 6.45) is 0.849. The highest BCUT2D eigenvalue weighted by molar-refractivity contribution is 5.14. The van der Waals surface area contributed by atoms with Crippen LogP contribution in [0.1, 0.15) is 44.2 Å². The summed E-state index contributed by atoms with van der Waals surface area (Å²) in [5.41, 5.74) is 6.92. The summed E-state index contributed by atoms with van der Waals surface area (Å²) in [6, 6.07) is 1.87. The predicted molar refractivity (Wildman–Crippen MR) is 61.6 cm³/mol. The second kappa shape index (κ2) is 6.10. The van der Waals surface area contributed by atoms with Crippen molar-refractivity contribution in [1.82, 2.24) is 4.57 Å². The molecule has 0 aliphatic carbocycles. The quantitative estimate of drug-likeness (QED) is 0.818. The van der Waals surface area contributed by atoms with E-state index in [2.05, 4.69) is 6.92 Å². The van der Waals surface area contributed by atoms with Crippen molar-refractivity contribution in [3.63, 3.8) is 0 Å². The van der Waals surface area contributed by atoms with Crippen molar-refractivity contribution >= 4 is 0 Å². The Labute approximate surface area is 99.6 Å². The maximum absolute atomic E-state index is 12.0. The van der Waals surface area contributed by atoms with Gasteiger partial charge in [0, 0.05) is 31.4 Å². The topological polar surface area (TPSA) is 30.9 Å². The zero-order valence-electron chi connectivity index (χ0n) is 10.0. The third-order valence-electron chi connectivity index (χ3n) is 2.68. The van der Waals surface area contributed by atoms with Crippen LogP contribution < -0.4 is 5.73 Å². The summed E-state index contributed by atoms with van der Waals surface area (Å²) in [5, 5.41) is 0. The first-order chi connectivity index (χ1) is 7.92. The fourth-order valence-electron chi connectivity index (χ4n) is 1.76. The van der Waals surface area contributed by atoms with Gasteiger partial charge in [-0.15, -0.1) is 0 Å². The molecular weight excluding hydrogens is 229 g/mol. The summed E-state index contributed by atoms with van der Waals surface area (Å²) < 4.78 is 37.7. The molecule has 0 saturated carbocycles. The van der Waals surface area contributed by atoms with E-state index in [9.17, 15) is 13.2 Å². The number of aryl methyl sites for hydroxylation is 1. The van der Waals surface area contributed by atoms with Crippen molar-refractivity contribution in [1.29, 1.82) is 0 Å². The molecule has 98 valence electrons. The van der Waals surface area contributed by atoms with Crippen molar-refractivity contribution in [2.45, 2.75) is 51.4 Å². The number of rotatable bonds is 6. The van der Waals surface area contributed by atoms with Gasteiger partial charge in [0.25, 0.3) is 0 Å². The monoisotopic (exact) mass is 248 g/mol. The number of nitrogens with zero attached hydrogens (tertiary/aromatic N) is 1. The summed E-state index contributed by atoms with van der Waals surface area (Å²) in [4.78, 5) is 0. The van der Waals surface area contributed by atoms with E-state index in [1.54, 1.807) is 10.8 Å². The standard InChI is InChI=1S/C12H19F3N2/c1-2-4-11(16)10-5-8-17(9-10)7-3-6-12(13,14)15/h5,8-9,11H,2-4,6-7,16H2,1H3. The third-order valence-corrected chi connectivity index (χ3v) is 2.68. The maximum Gasteiger partial charge on any atom is 0.389 e. The molecule has 5 heteroatoms. The molecule has 1 aromatic heterocycles. The lowest BCUT2D eigenvalue weighted by atomic mass is 10.1. The molecule has 0 aliphatic heterocycles. The lowest BCUT2D eigenvalue weighted by Crippen LogP contribution is -2.10. The largest absolute Gasteiger partial charge is 0.389 e. The average Bonchev–Trinajstić information content (AvgIpc) is 2.65. The van der Waals surface area contributed by atoms with Crippen molar-refractivity contribution in [2.24, 2.45) is 5.73 Å². The molecule has 1 rings (SSSR count). The highest BCUT2D eigenvalue weighted by Crippen LogP contribution is 2.22. The number of hydrogen-bond donors (Lipinski definition) is 1. The van der Waals surface area contributed by atoms with Gasteiger partial charge >= 0.3 is 6.18 Å². The molecule has 0 saturated heterocycles. The van der Waals surface area contributed by atoms with Crippen LogP contribution in [-0.4, -0.2) is 10.7 Å². The van der Waals surface area contributed by atoms with Crippen LogP contribution in [0.25, 0.3) is 0 Å². The van der Waals surface area contributed by atoms with Crippen molar-refractivity contribution in [3.05, 3.63) is 24.0 Å². The van der Waals surface area contributed by atoms with E-state index in [0.717, 1.165) is 18.4 Å². The Hall–Kier alpha value is -0.970. The van der Waals surface area contributed by atoms with Gasteiger partial charge in [-0.25, -0.2) is 0 Å². The van der Waals surface area contributed by atoms with E-state index >= 15 is 0 Å². The third kappa shape index (κ3) is 5.26. The highest BCUT2D eigenvalue weighted by atomic mass is 19.4. The van der Waals surface area contributed by atoms with Crippen LogP contribution >= 0.6 is 0 Å². The van der Waals surface area contributed by atoms with Gasteiger partial charge in [0.1, 0.15) is 0 Å². The number of alkyl halides is 3. The summed E-state index contributed by atoms with van der Waals surface area (Å²) >= 11 is 0. The normalized spacial score (nSPS) is 13.9. The zero-order chi connectivity index (χ0) is 12.9. The van der Waals surface area contributed by atoms with E-state index in [-0.39, 0.29) is 12.5 Å². The first-order valence-electron chi connectivity index (χ1n) is 5.90. The number of halogens is 3. The minimum Gasteiger partial charge on any atom is -0.354 e. The summed E-state index contributed by atoms with van der Waals surface area (Å²) in [7, 11) is 0. The minimum atomic E-state index is -4.06. The van der Waals surface area contributed by atoms with E-state index in [1.165, 1.54) is 0 Å². The van der Waals surface area contributed by atoms with Crippen LogP contribution in [0.5, 0.6) is 0 Å². The Kier molecular flexibility index (Phi) is 5.05. The minimum absolute atomic E-state index is 0.0103. The Morgan fingerprint density at radius 1 is 1.41 bits per heavy atom. The Morgan fingerprint density at radius 3 is 2.71 bits per heavy atom. The Balaban J connectivity index is 2.40. The highest BCUT2D eigenvalue weighted by Gasteiger charge is 2.25. The predicted octanol–water partition coefficient (Wildman–Crippen LogP) is 3.63. The molecule has 2 N–H and O–H groups in total. The van der Waals surface area contributed by atoms with Crippen LogP contribution in [0.4, 0.5) is 13.2 Å². The molecule has 1 aromatic rings. The molecular formula is C12H19F3N2. The molecule has 0 fully saturated rings. The lowest BCUT2D eigenvalue weighted by Gasteiger charge is -2.08. The van der Waals surface area contributed by atoms with Gasteiger partial charge in [0.05, 0.1) is 0 Å². The van der Waals surface area contributed by atoms with E-state index in [4.69, 9.17) is 5.73 Å². The smallest absolute Gasteiger partial charge is 0.354 e. The molecule has 0 bridgehead atoms. The molecule has 0 radical (unpaired) electrons. The Bertz CT molecular complexity index is 331. The molecule has 0 spiro atoms. The fourth-order valence-corrected chi connectivity index (χ4v) is 1.76. The zero-order valence-corrected chi connectivity index (χ0v) is 10.0. The van der Waals surface area contributed by atoms with Crippen LogP contribution in [0.15, 0.2) is 18.5 Å². The van der Waals surface area contributed by atoms with E-state index in [1.807, 2.05) is 12.3 Å². The molecule has 1 unspecified atom stereocenters. The van der Waals surface area contributed by atoms with Crippen LogP contribution in [0.3, 0.4) is 0 Å². The van der Waals surface area contributed by atoms with Gasteiger partial charge in [-0.2, -0.15) is 13.2 Å². The maximum atomic E-state index is 12.0. The van der Waals surface area contributed by atoms with Gasteiger partial charge in [-0.3, -0.25) is 0 Å². The van der Waals surface area contributed by atoms with E-state index in [0.29, 0.717) is 6.54 Å². The summed E-state index contributed by atoms with van der Waals surface area (Å²) in [6.45, 7) is 2.44. The van der Waals surface area contributed by atoms with Gasteiger partial charge in [-0.05, 0) is 24.5 Å². The second-order valence-corrected chi connectivity index (χ2v) is 4.30. The molecule has 1 atom stereocenters. The number of aromatic nitrogens is 1. The lowest BCUT2D eigenvalue weighted by molar-refractivity contribution is -0.135. The van der Waals surface area contributed by atoms with Crippen LogP contribution in [0, 0.1) is 0 Å². The van der Waals surface area contributed by atoms with Crippen molar-refractivity contribution < 1.29 is 13.2 Å². The van der Waals surface area contributed by atoms with Gasteiger partial charge in [-0.1, -0.05) is 13.3 Å². The molecule has 1 heterocycles. The van der Waals surface area contributed by atoms with E-state index < -0.39 is 12.6 Å². The first-order valence-corrected chi connectivity index (χ1v) is 5.90. The molecule has 0 aliphatic rings. The fraction of sp³-hybridized carbons (Fsp3) is 0.667. The first kappa shape index (κ1) is 14.1. The molecule has 0 aromatic carbocycles. The average molecular weight is 248 g/mol. The second-order valence-electron chi connectivity index (χ2n) is 4.30. The summed E-state index contributed by atoms with van der Waals surface area (Å²) in [5.74, 6) is 0. The van der Waals surface area contributed by atoms with Gasteiger partial charge in [0.15, 0.2) is 0 Å².